The van der Waals surface area contributed by atoms with Gasteiger partial charge in [0.2, 0.25) is 0 Å². The lowest BCUT2D eigenvalue weighted by molar-refractivity contribution is 0.175. The molecule has 2 heterocycles. The number of aliphatic hydroxyl groups excluding tert-OH is 1. The Labute approximate surface area is 232 Å². The van der Waals surface area contributed by atoms with Gasteiger partial charge in [0.1, 0.15) is 30.3 Å². The van der Waals surface area contributed by atoms with Crippen LogP contribution in [0.3, 0.4) is 0 Å². The first-order valence-corrected chi connectivity index (χ1v) is 13.1. The van der Waals surface area contributed by atoms with Gasteiger partial charge in [-0.05, 0) is 66.9 Å². The van der Waals surface area contributed by atoms with Gasteiger partial charge < -0.3 is 15.2 Å². The molecule has 6 nitrogen and oxygen atoms in total. The molecule has 1 fully saturated rings. The van der Waals surface area contributed by atoms with Gasteiger partial charge in [-0.25, -0.2) is 14.4 Å². The number of aryl methyl sites for hydroxylation is 1. The van der Waals surface area contributed by atoms with Gasteiger partial charge in [-0.1, -0.05) is 47.7 Å². The Balaban J connectivity index is 1.26. The fourth-order valence-electron chi connectivity index (χ4n) is 4.38. The monoisotopic (exact) mass is 542 g/mol. The van der Waals surface area contributed by atoms with Crippen LogP contribution in [-0.2, 0) is 13.2 Å². The third kappa shape index (κ3) is 7.12. The van der Waals surface area contributed by atoms with Crippen LogP contribution in [0.1, 0.15) is 34.4 Å². The van der Waals surface area contributed by atoms with Crippen LogP contribution < -0.4 is 10.1 Å². The van der Waals surface area contributed by atoms with Crippen LogP contribution in [0.4, 0.5) is 15.9 Å². The molecule has 0 amide bonds. The summed E-state index contributed by atoms with van der Waals surface area (Å²) in [5.74, 6) is 7.19. The number of nitrogens with one attached hydrogen (secondary N) is 1. The Morgan fingerprint density at radius 2 is 1.92 bits per heavy atom. The minimum absolute atomic E-state index is 0.206. The van der Waals surface area contributed by atoms with Crippen LogP contribution in [-0.4, -0.2) is 39.2 Å². The first kappa shape index (κ1) is 26.6. The standard InChI is InChI=1S/C31H28ClFN4O2/c1-21-28(11-9-22-5-7-23(8-6-22)17-37-14-13-27(38)18-37)31(35-20-34-21)36-26-10-12-30(29(32)16-26)39-19-24-3-2-4-25(33)15-24/h2-8,10,12,15-16,20,27,38H,13-14,17-19H2,1H3,(H,34,35,36). The maximum absolute atomic E-state index is 13.4. The Hall–Kier alpha value is -3.96. The summed E-state index contributed by atoms with van der Waals surface area (Å²) < 4.78 is 19.2. The van der Waals surface area contributed by atoms with E-state index in [4.69, 9.17) is 16.3 Å². The number of aliphatic hydroxyl groups is 1. The van der Waals surface area contributed by atoms with Crippen LogP contribution in [0.15, 0.2) is 73.1 Å². The molecule has 0 saturated carbocycles. The van der Waals surface area contributed by atoms with Crippen molar-refractivity contribution in [2.24, 2.45) is 0 Å². The van der Waals surface area contributed by atoms with Crippen molar-refractivity contribution < 1.29 is 14.2 Å². The average molecular weight is 543 g/mol. The number of likely N-dealkylation sites (tertiary alicyclic amines) is 1. The van der Waals surface area contributed by atoms with Gasteiger partial charge in [-0.2, -0.15) is 0 Å². The summed E-state index contributed by atoms with van der Waals surface area (Å²) in [4.78, 5) is 11.0. The molecule has 1 unspecified atom stereocenters. The second-order valence-electron chi connectivity index (χ2n) is 9.50. The van der Waals surface area contributed by atoms with Gasteiger partial charge in [-0.3, -0.25) is 4.90 Å². The maximum Gasteiger partial charge on any atom is 0.149 e. The number of halogens is 2. The number of hydrogen-bond donors (Lipinski definition) is 2. The molecule has 0 radical (unpaired) electrons. The van der Waals surface area contributed by atoms with Crippen LogP contribution in [0.5, 0.6) is 5.75 Å². The largest absolute Gasteiger partial charge is 0.487 e. The van der Waals surface area contributed by atoms with E-state index in [1.165, 1.54) is 24.0 Å². The Kier molecular flexibility index (Phi) is 8.38. The second kappa shape index (κ2) is 12.3. The smallest absolute Gasteiger partial charge is 0.149 e. The molecule has 8 heteroatoms. The van der Waals surface area contributed by atoms with Gasteiger partial charge in [0, 0.05) is 30.9 Å². The number of β-amino-alcohol motifs (C(OH)–C–C–N with tert-alkyl or cyclic N) is 1. The zero-order valence-electron chi connectivity index (χ0n) is 21.5. The van der Waals surface area contributed by atoms with Crippen molar-refractivity contribution in [1.82, 2.24) is 14.9 Å². The molecule has 0 bridgehead atoms. The van der Waals surface area contributed by atoms with Crippen molar-refractivity contribution in [1.29, 1.82) is 0 Å². The van der Waals surface area contributed by atoms with Crippen molar-refractivity contribution in [2.45, 2.75) is 32.6 Å². The highest BCUT2D eigenvalue weighted by molar-refractivity contribution is 6.32. The SMILES string of the molecule is Cc1ncnc(Nc2ccc(OCc3cccc(F)c3)c(Cl)c2)c1C#Cc1ccc(CN2CCC(O)C2)cc1. The Morgan fingerprint density at radius 1 is 1.08 bits per heavy atom. The Bertz CT molecular complexity index is 1520. The molecule has 0 spiro atoms. The van der Waals surface area contributed by atoms with Crippen molar-refractivity contribution in [3.8, 4) is 17.6 Å². The lowest BCUT2D eigenvalue weighted by atomic mass is 10.1. The molecular formula is C31H28ClFN4O2. The molecule has 0 aliphatic carbocycles. The fraction of sp³-hybridized carbons (Fsp3) is 0.226. The molecule has 198 valence electrons. The van der Waals surface area contributed by atoms with Crippen molar-refractivity contribution in [3.63, 3.8) is 0 Å². The third-order valence-electron chi connectivity index (χ3n) is 6.45. The van der Waals surface area contributed by atoms with E-state index in [2.05, 4.69) is 44.2 Å². The number of anilines is 2. The van der Waals surface area contributed by atoms with Crippen molar-refractivity contribution >= 4 is 23.1 Å². The van der Waals surface area contributed by atoms with Crippen molar-refractivity contribution in [3.05, 3.63) is 112 Å². The summed E-state index contributed by atoms with van der Waals surface area (Å²) in [5, 5.41) is 13.4. The summed E-state index contributed by atoms with van der Waals surface area (Å²) in [5.41, 5.74) is 4.96. The van der Waals surface area contributed by atoms with Crippen LogP contribution in [0, 0.1) is 24.6 Å². The number of ether oxygens (including phenoxy) is 1. The predicted molar refractivity (Wildman–Crippen MR) is 151 cm³/mol. The van der Waals surface area contributed by atoms with Crippen LogP contribution in [0.2, 0.25) is 5.02 Å². The maximum atomic E-state index is 13.4. The zero-order valence-corrected chi connectivity index (χ0v) is 22.3. The molecule has 1 atom stereocenters. The lowest BCUT2D eigenvalue weighted by Gasteiger charge is -2.14. The lowest BCUT2D eigenvalue weighted by Crippen LogP contribution is -2.21. The van der Waals surface area contributed by atoms with E-state index in [1.807, 2.05) is 25.1 Å². The number of aromatic nitrogens is 2. The minimum atomic E-state index is -0.308. The molecule has 1 aromatic heterocycles. The van der Waals surface area contributed by atoms with E-state index in [0.29, 0.717) is 27.7 Å². The van der Waals surface area contributed by atoms with Gasteiger partial charge >= 0.3 is 0 Å². The number of rotatable bonds is 7. The number of nitrogens with zero attached hydrogens (tertiary/aromatic N) is 3. The highest BCUT2D eigenvalue weighted by Crippen LogP contribution is 2.30. The second-order valence-corrected chi connectivity index (χ2v) is 9.90. The molecule has 1 saturated heterocycles. The molecule has 5 rings (SSSR count). The van der Waals surface area contributed by atoms with E-state index in [0.717, 1.165) is 43.0 Å². The van der Waals surface area contributed by atoms with Gasteiger partial charge in [0.25, 0.3) is 0 Å². The summed E-state index contributed by atoms with van der Waals surface area (Å²) >= 11 is 6.46. The van der Waals surface area contributed by atoms with Gasteiger partial charge in [-0.15, -0.1) is 0 Å². The number of hydrogen-bond acceptors (Lipinski definition) is 6. The topological polar surface area (TPSA) is 70.5 Å². The van der Waals surface area contributed by atoms with Crippen LogP contribution >= 0.6 is 11.6 Å². The van der Waals surface area contributed by atoms with E-state index in [-0.39, 0.29) is 18.5 Å². The highest BCUT2D eigenvalue weighted by Gasteiger charge is 2.19. The first-order chi connectivity index (χ1) is 18.9. The van der Waals surface area contributed by atoms with E-state index in [9.17, 15) is 9.50 Å². The molecule has 1 aliphatic rings. The van der Waals surface area contributed by atoms with Gasteiger partial charge in [0.15, 0.2) is 0 Å². The van der Waals surface area contributed by atoms with Crippen LogP contribution in [0.25, 0.3) is 0 Å². The quantitative estimate of drug-likeness (QED) is 0.285. The molecule has 2 N–H and O–H groups in total. The Morgan fingerprint density at radius 3 is 2.67 bits per heavy atom. The predicted octanol–water partition coefficient (Wildman–Crippen LogP) is 5.87. The fourth-order valence-corrected chi connectivity index (χ4v) is 4.62. The molecular weight excluding hydrogens is 515 g/mol. The normalized spacial score (nSPS) is 15.0. The first-order valence-electron chi connectivity index (χ1n) is 12.7. The highest BCUT2D eigenvalue weighted by atomic mass is 35.5. The summed E-state index contributed by atoms with van der Waals surface area (Å²) in [6.07, 6.45) is 2.10. The molecule has 3 aromatic carbocycles. The average Bonchev–Trinajstić information content (AvgIpc) is 3.33. The van der Waals surface area contributed by atoms with E-state index in [1.54, 1.807) is 24.3 Å². The molecule has 4 aromatic rings. The summed E-state index contributed by atoms with van der Waals surface area (Å²) in [6, 6.07) is 19.7. The molecule has 39 heavy (non-hydrogen) atoms. The van der Waals surface area contributed by atoms with E-state index >= 15 is 0 Å². The summed E-state index contributed by atoms with van der Waals surface area (Å²) in [6.45, 7) is 4.56. The molecule has 1 aliphatic heterocycles. The van der Waals surface area contributed by atoms with Crippen molar-refractivity contribution in [2.75, 3.05) is 18.4 Å². The van der Waals surface area contributed by atoms with Gasteiger partial charge in [0.05, 0.1) is 22.4 Å². The zero-order chi connectivity index (χ0) is 27.2. The number of benzene rings is 3. The third-order valence-corrected chi connectivity index (χ3v) is 6.75. The summed E-state index contributed by atoms with van der Waals surface area (Å²) in [7, 11) is 0. The minimum Gasteiger partial charge on any atom is -0.487 e. The van der Waals surface area contributed by atoms with E-state index < -0.39 is 0 Å².